The quantitative estimate of drug-likeness (QED) is 0.151. The van der Waals surface area contributed by atoms with Gasteiger partial charge in [-0.1, -0.05) is 38.1 Å². The number of carbonyl (C=O) groups excluding carboxylic acids is 1. The van der Waals surface area contributed by atoms with Crippen molar-refractivity contribution in [2.45, 2.75) is 90.6 Å². The van der Waals surface area contributed by atoms with E-state index in [1.807, 2.05) is 38.1 Å². The Morgan fingerprint density at radius 1 is 1.12 bits per heavy atom. The van der Waals surface area contributed by atoms with Gasteiger partial charge in [-0.3, -0.25) is 25.4 Å². The highest BCUT2D eigenvalue weighted by Crippen LogP contribution is 2.38. The first-order valence-corrected chi connectivity index (χ1v) is 16.7. The summed E-state index contributed by atoms with van der Waals surface area (Å²) in [5, 5.41) is 36.9. The number of hydrogen-bond donors (Lipinski definition) is 6. The maximum absolute atomic E-state index is 13.4. The lowest BCUT2D eigenvalue weighted by molar-refractivity contribution is 0.169. The number of nitrogens with two attached hydrogens (primary N) is 1. The molecule has 13 nitrogen and oxygen atoms in total. The summed E-state index contributed by atoms with van der Waals surface area (Å²) in [6.45, 7) is 8.48. The average molecular weight is 657 g/mol. The van der Waals surface area contributed by atoms with Crippen molar-refractivity contribution >= 4 is 23.5 Å². The number of pyridine rings is 1. The molecule has 7 N–H and O–H groups in total. The van der Waals surface area contributed by atoms with E-state index in [1.165, 1.54) is 0 Å². The van der Waals surface area contributed by atoms with Gasteiger partial charge in [0.15, 0.2) is 0 Å². The van der Waals surface area contributed by atoms with Crippen molar-refractivity contribution in [2.24, 2.45) is 16.6 Å². The van der Waals surface area contributed by atoms with E-state index in [0.717, 1.165) is 30.4 Å². The number of nitrogens with zero attached hydrogens (tertiary/aromatic N) is 5. The zero-order valence-electron chi connectivity index (χ0n) is 28.2. The van der Waals surface area contributed by atoms with Gasteiger partial charge in [0.05, 0.1) is 37.8 Å². The van der Waals surface area contributed by atoms with Gasteiger partial charge in [0, 0.05) is 17.8 Å². The number of carbonyl (C=O) groups is 1. The van der Waals surface area contributed by atoms with Gasteiger partial charge in [0.25, 0.3) is 0 Å². The number of urea groups is 1. The van der Waals surface area contributed by atoms with Gasteiger partial charge in [0.2, 0.25) is 5.96 Å². The molecule has 2 amide bonds. The highest BCUT2D eigenvalue weighted by Gasteiger charge is 2.31. The lowest BCUT2D eigenvalue weighted by atomic mass is 9.85. The fourth-order valence-corrected chi connectivity index (χ4v) is 6.38. The first-order chi connectivity index (χ1) is 23.0. The number of amides is 2. The molecule has 3 heterocycles. The lowest BCUT2D eigenvalue weighted by Gasteiger charge is -2.41. The smallest absolute Gasteiger partial charge is 0.320 e. The summed E-state index contributed by atoms with van der Waals surface area (Å²) < 4.78 is 9.69. The van der Waals surface area contributed by atoms with Crippen LogP contribution in [0.3, 0.4) is 0 Å². The van der Waals surface area contributed by atoms with Crippen LogP contribution in [0.25, 0.3) is 0 Å². The molecule has 2 aliphatic rings. The number of fused-ring (bicyclic) bond motifs is 1. The van der Waals surface area contributed by atoms with Crippen LogP contribution >= 0.6 is 0 Å². The van der Waals surface area contributed by atoms with E-state index in [-0.39, 0.29) is 54.0 Å². The minimum absolute atomic E-state index is 0.0487. The first-order valence-electron chi connectivity index (χ1n) is 16.7. The van der Waals surface area contributed by atoms with E-state index >= 15 is 0 Å². The first kappa shape index (κ1) is 34.4. The normalized spacial score (nSPS) is 21.5. The summed E-state index contributed by atoms with van der Waals surface area (Å²) in [6, 6.07) is 11.1. The molecule has 3 aromatic rings. The number of allylic oxidation sites excluding steroid dienone is 1. The van der Waals surface area contributed by atoms with Gasteiger partial charge >= 0.3 is 6.03 Å². The predicted molar refractivity (Wildman–Crippen MR) is 185 cm³/mol. The molecule has 4 unspecified atom stereocenters. The third-order valence-corrected chi connectivity index (χ3v) is 9.02. The number of ether oxygens (including phenoxy) is 1. The minimum Gasteiger partial charge on any atom is -0.484 e. The summed E-state index contributed by atoms with van der Waals surface area (Å²) in [6.07, 6.45) is 10.8. The van der Waals surface area contributed by atoms with E-state index in [4.69, 9.17) is 21.3 Å². The van der Waals surface area contributed by atoms with Crippen LogP contribution in [0.4, 0.5) is 10.5 Å². The van der Waals surface area contributed by atoms with Gasteiger partial charge in [-0.25, -0.2) is 9.79 Å². The molecule has 1 aliphatic heterocycles. The summed E-state index contributed by atoms with van der Waals surface area (Å²) >= 11 is 0. The molecule has 13 heteroatoms. The van der Waals surface area contributed by atoms with Crippen LogP contribution in [0.1, 0.15) is 83.1 Å². The topological polar surface area (TPSA) is 183 Å². The molecule has 4 atom stereocenters. The lowest BCUT2D eigenvalue weighted by Crippen LogP contribution is -2.51. The predicted octanol–water partition coefficient (Wildman–Crippen LogP) is 4.69. The molecule has 48 heavy (non-hydrogen) atoms. The average Bonchev–Trinajstić information content (AvgIpc) is 3.49. The van der Waals surface area contributed by atoms with Crippen LogP contribution in [-0.4, -0.2) is 60.9 Å². The summed E-state index contributed by atoms with van der Waals surface area (Å²) in [7, 11) is 0. The number of piperidine rings is 1. The van der Waals surface area contributed by atoms with Gasteiger partial charge in [-0.15, -0.1) is 0 Å². The summed E-state index contributed by atoms with van der Waals surface area (Å²) in [5.41, 5.74) is 9.46. The molecule has 5 rings (SSSR count). The van der Waals surface area contributed by atoms with Crippen LogP contribution in [0.15, 0.2) is 71.8 Å². The van der Waals surface area contributed by atoms with Crippen molar-refractivity contribution in [3.63, 3.8) is 0 Å². The third-order valence-electron chi connectivity index (χ3n) is 9.02. The Morgan fingerprint density at radius 2 is 1.85 bits per heavy atom. The highest BCUT2D eigenvalue weighted by molar-refractivity contribution is 6.05. The van der Waals surface area contributed by atoms with Gasteiger partial charge in [0.1, 0.15) is 28.9 Å². The number of aliphatic hydroxyl groups is 1. The standard InChI is InChI=1S/C35H48N10O3/c1-22(2)29(36)18-33(40-25-19-39-43(20-25)16-17-46)42-35(47)41-30-13-14-31(28-11-6-5-10-27(28)30)48-26-12-15-32(37)44(21-26)34(38)45-23(3)8-7-9-24(45)4/h5-6,10-12,15,18-24,30-31,37-38,46H,7-9,13-14,16-17,36H2,1-4H3,(H2,40,41,42,47). The SMILES string of the molecule is CC(C)C(N)=CC(=Nc1cnn(CCO)c1)NC(=O)NC1CCC(Oc2ccc(=N)n(C(=N)N3C(C)CCCC3C)c2)c2ccccc21. The second-order valence-electron chi connectivity index (χ2n) is 12.9. The van der Waals surface area contributed by atoms with Crippen molar-refractivity contribution in [3.05, 3.63) is 83.4 Å². The zero-order valence-corrected chi connectivity index (χ0v) is 28.2. The van der Waals surface area contributed by atoms with Gasteiger partial charge < -0.3 is 25.8 Å². The fourth-order valence-electron chi connectivity index (χ4n) is 6.38. The Hall–Kier alpha value is -4.91. The van der Waals surface area contributed by atoms with Crippen LogP contribution in [0, 0.1) is 16.7 Å². The molecule has 1 aliphatic carbocycles. The molecule has 1 aromatic carbocycles. The van der Waals surface area contributed by atoms with Crippen molar-refractivity contribution in [3.8, 4) is 5.75 Å². The maximum Gasteiger partial charge on any atom is 0.320 e. The van der Waals surface area contributed by atoms with Crippen molar-refractivity contribution in [1.82, 2.24) is 29.9 Å². The fraction of sp³-hybridized carbons (Fsp3) is 0.457. The number of rotatable bonds is 8. The monoisotopic (exact) mass is 656 g/mol. The van der Waals surface area contributed by atoms with Crippen LogP contribution in [0.5, 0.6) is 5.75 Å². The molecule has 0 radical (unpaired) electrons. The molecule has 0 saturated carbocycles. The Bertz CT molecular complexity index is 1710. The number of benzene rings is 1. The Balaban J connectivity index is 1.31. The number of amidine groups is 1. The molecule has 2 aromatic heterocycles. The number of aliphatic hydroxyl groups excluding tert-OH is 1. The van der Waals surface area contributed by atoms with E-state index < -0.39 is 6.03 Å². The molecular weight excluding hydrogens is 608 g/mol. The molecule has 1 fully saturated rings. The maximum atomic E-state index is 13.4. The van der Waals surface area contributed by atoms with Crippen molar-refractivity contribution in [1.29, 1.82) is 10.8 Å². The second-order valence-corrected chi connectivity index (χ2v) is 12.9. The Morgan fingerprint density at radius 3 is 2.56 bits per heavy atom. The molecular formula is C35H48N10O3. The van der Waals surface area contributed by atoms with Gasteiger partial charge in [-0.05, 0) is 81.2 Å². The van der Waals surface area contributed by atoms with E-state index in [1.54, 1.807) is 46.0 Å². The van der Waals surface area contributed by atoms with E-state index in [9.17, 15) is 9.90 Å². The number of aromatic nitrogens is 3. The molecule has 256 valence electrons. The van der Waals surface area contributed by atoms with Crippen LogP contribution in [0.2, 0.25) is 0 Å². The molecule has 0 spiro atoms. The minimum atomic E-state index is -0.421. The zero-order chi connectivity index (χ0) is 34.4. The number of nitrogens with one attached hydrogen (secondary N) is 4. The second kappa shape index (κ2) is 15.3. The van der Waals surface area contributed by atoms with E-state index in [2.05, 4.69) is 39.5 Å². The molecule has 1 saturated heterocycles. The van der Waals surface area contributed by atoms with Gasteiger partial charge in [-0.2, -0.15) is 5.10 Å². The van der Waals surface area contributed by atoms with Crippen LogP contribution < -0.4 is 26.6 Å². The number of hydrogen-bond acceptors (Lipinski definition) is 8. The Kier molecular flexibility index (Phi) is 11.0. The van der Waals surface area contributed by atoms with Crippen LogP contribution in [-0.2, 0) is 6.54 Å². The van der Waals surface area contributed by atoms with Crippen molar-refractivity contribution < 1.29 is 14.6 Å². The largest absolute Gasteiger partial charge is 0.484 e. The van der Waals surface area contributed by atoms with E-state index in [0.29, 0.717) is 36.5 Å². The van der Waals surface area contributed by atoms with Crippen molar-refractivity contribution in [2.75, 3.05) is 6.61 Å². The summed E-state index contributed by atoms with van der Waals surface area (Å²) in [4.78, 5) is 20.0. The summed E-state index contributed by atoms with van der Waals surface area (Å²) in [5.74, 6) is 1.19. The number of aliphatic imine (C=N–C) groups is 1. The third kappa shape index (κ3) is 8.14. The highest BCUT2D eigenvalue weighted by atomic mass is 16.5. The Labute approximate surface area is 281 Å². The number of likely N-dealkylation sites (tertiary alicyclic amines) is 1. The molecule has 0 bridgehead atoms.